The molecule has 1 fully saturated rings. The molecule has 4 rings (SSSR count). The minimum atomic E-state index is -3.61. The Balaban J connectivity index is 1.40. The molecule has 2 aromatic heterocycles. The van der Waals surface area contributed by atoms with Gasteiger partial charge in [-0.25, -0.2) is 13.4 Å². The van der Waals surface area contributed by atoms with Crippen LogP contribution in [0.5, 0.6) is 0 Å². The van der Waals surface area contributed by atoms with Gasteiger partial charge in [0.2, 0.25) is 20.3 Å². The molecule has 1 saturated heterocycles. The number of furan rings is 1. The number of aromatic nitrogens is 2. The van der Waals surface area contributed by atoms with Crippen LogP contribution in [0.25, 0.3) is 0 Å². The van der Waals surface area contributed by atoms with E-state index in [9.17, 15) is 13.2 Å². The first-order valence-electron chi connectivity index (χ1n) is 8.93. The fourth-order valence-corrected chi connectivity index (χ4v) is 4.68. The van der Waals surface area contributed by atoms with E-state index in [0.29, 0.717) is 42.8 Å². The summed E-state index contributed by atoms with van der Waals surface area (Å²) in [7, 11) is -3.61. The molecule has 0 atom stereocenters. The molecule has 1 amide bonds. The summed E-state index contributed by atoms with van der Waals surface area (Å²) < 4.78 is 37.0. The fraction of sp³-hybridized carbons (Fsp3) is 0.222. The molecule has 1 N–H and O–H groups in total. The van der Waals surface area contributed by atoms with Crippen LogP contribution < -0.4 is 5.32 Å². The topological polar surface area (TPSA) is 127 Å². The Bertz CT molecular complexity index is 1130. The quantitative estimate of drug-likeness (QED) is 0.574. The average molecular weight is 447 g/mol. The van der Waals surface area contributed by atoms with Crippen LogP contribution in [0.3, 0.4) is 0 Å². The third-order valence-electron chi connectivity index (χ3n) is 4.20. The van der Waals surface area contributed by atoms with Crippen molar-refractivity contribution in [2.24, 2.45) is 4.99 Å². The molecule has 3 aromatic rings. The minimum Gasteiger partial charge on any atom is -0.463 e. The van der Waals surface area contributed by atoms with Crippen LogP contribution >= 0.6 is 11.3 Å². The van der Waals surface area contributed by atoms with Crippen molar-refractivity contribution in [2.75, 3.05) is 31.6 Å². The highest BCUT2D eigenvalue weighted by molar-refractivity contribution is 7.89. The molecule has 156 valence electrons. The summed E-state index contributed by atoms with van der Waals surface area (Å²) in [5, 5.41) is 11.0. The summed E-state index contributed by atoms with van der Waals surface area (Å²) in [6, 6.07) is 9.23. The summed E-state index contributed by atoms with van der Waals surface area (Å²) in [6.45, 7) is 1.36. The highest BCUT2D eigenvalue weighted by atomic mass is 32.2. The van der Waals surface area contributed by atoms with Crippen molar-refractivity contribution in [1.82, 2.24) is 14.5 Å². The molecule has 1 aliphatic heterocycles. The maximum absolute atomic E-state index is 12.6. The molecule has 3 heterocycles. The van der Waals surface area contributed by atoms with Crippen molar-refractivity contribution in [1.29, 1.82) is 0 Å². The molecule has 0 bridgehead atoms. The van der Waals surface area contributed by atoms with E-state index in [1.807, 2.05) is 0 Å². The lowest BCUT2D eigenvalue weighted by molar-refractivity contribution is 0.0730. The van der Waals surface area contributed by atoms with Crippen molar-refractivity contribution in [3.63, 3.8) is 0 Å². The minimum absolute atomic E-state index is 0.131. The van der Waals surface area contributed by atoms with E-state index in [-0.39, 0.29) is 10.0 Å². The van der Waals surface area contributed by atoms with Crippen LogP contribution in [0.15, 0.2) is 57.0 Å². The van der Waals surface area contributed by atoms with Crippen LogP contribution in [0, 0.1) is 0 Å². The second kappa shape index (κ2) is 8.83. The van der Waals surface area contributed by atoms with Crippen LogP contribution in [0.1, 0.15) is 16.1 Å². The van der Waals surface area contributed by atoms with E-state index >= 15 is 0 Å². The molecule has 1 aliphatic rings. The van der Waals surface area contributed by atoms with Gasteiger partial charge in [0.1, 0.15) is 5.76 Å². The van der Waals surface area contributed by atoms with Crippen molar-refractivity contribution in [3.8, 4) is 0 Å². The predicted molar refractivity (Wildman–Crippen MR) is 110 cm³/mol. The summed E-state index contributed by atoms with van der Waals surface area (Å²) in [5.41, 5.74) is 0.298. The van der Waals surface area contributed by atoms with Gasteiger partial charge in [-0.3, -0.25) is 10.1 Å². The Morgan fingerprint density at radius 3 is 2.63 bits per heavy atom. The van der Waals surface area contributed by atoms with Crippen molar-refractivity contribution in [3.05, 3.63) is 54.0 Å². The second-order valence-electron chi connectivity index (χ2n) is 6.16. The molecule has 10 nitrogen and oxygen atoms in total. The standard InChI is InChI=1S/C18H17N5O5S2/c24-16(20-18-22-21-17(29-18)19-12-14-2-1-9-28-14)13-3-5-15(6-4-13)30(25,26)23-7-10-27-11-8-23/h1-6,9,12H,7-8,10-11H2,(H,20,22,24). The van der Waals surface area contributed by atoms with Crippen LogP contribution in [-0.2, 0) is 14.8 Å². The number of sulfonamides is 1. The molecular formula is C18H17N5O5S2. The summed E-state index contributed by atoms with van der Waals surface area (Å²) in [5.74, 6) is 0.144. The fourth-order valence-electron chi connectivity index (χ4n) is 2.69. The van der Waals surface area contributed by atoms with Crippen LogP contribution in [0.4, 0.5) is 10.3 Å². The van der Waals surface area contributed by atoms with E-state index in [2.05, 4.69) is 20.5 Å². The third-order valence-corrected chi connectivity index (χ3v) is 6.86. The van der Waals surface area contributed by atoms with E-state index in [1.54, 1.807) is 12.1 Å². The highest BCUT2D eigenvalue weighted by Gasteiger charge is 2.26. The van der Waals surface area contributed by atoms with E-state index in [4.69, 9.17) is 9.15 Å². The SMILES string of the molecule is O=C(Nc1nnc(N=Cc2ccco2)s1)c1ccc(S(=O)(=O)N2CCOCC2)cc1. The Morgan fingerprint density at radius 2 is 1.93 bits per heavy atom. The monoisotopic (exact) mass is 447 g/mol. The number of aliphatic imine (C=N–C) groups is 1. The zero-order valence-corrected chi connectivity index (χ0v) is 17.2. The van der Waals surface area contributed by atoms with Crippen molar-refractivity contribution in [2.45, 2.75) is 4.90 Å². The number of nitrogens with zero attached hydrogens (tertiary/aromatic N) is 4. The molecule has 1 aromatic carbocycles. The molecule has 30 heavy (non-hydrogen) atoms. The van der Waals surface area contributed by atoms with E-state index in [0.717, 1.165) is 11.3 Å². The van der Waals surface area contributed by atoms with Gasteiger partial charge in [-0.05, 0) is 36.4 Å². The molecule has 0 saturated carbocycles. The Hall–Kier alpha value is -2.93. The largest absolute Gasteiger partial charge is 0.463 e. The first kappa shape index (κ1) is 20.3. The Labute approximate surface area is 176 Å². The third kappa shape index (κ3) is 4.62. The molecule has 0 radical (unpaired) electrons. The number of carbonyl (C=O) groups is 1. The highest BCUT2D eigenvalue weighted by Crippen LogP contribution is 2.24. The van der Waals surface area contributed by atoms with Gasteiger partial charge in [0, 0.05) is 18.7 Å². The van der Waals surface area contributed by atoms with Crippen molar-refractivity contribution < 1.29 is 22.4 Å². The number of morpholine rings is 1. The summed E-state index contributed by atoms with van der Waals surface area (Å²) in [4.78, 5) is 16.7. The number of amides is 1. The first-order valence-corrected chi connectivity index (χ1v) is 11.2. The first-order chi connectivity index (χ1) is 14.5. The number of nitrogens with one attached hydrogen (secondary N) is 1. The van der Waals surface area contributed by atoms with Gasteiger partial charge in [-0.2, -0.15) is 4.31 Å². The molecule has 0 unspecified atom stereocenters. The maximum Gasteiger partial charge on any atom is 0.257 e. The van der Waals surface area contributed by atoms with Gasteiger partial charge in [-0.15, -0.1) is 10.2 Å². The van der Waals surface area contributed by atoms with Crippen molar-refractivity contribution >= 4 is 43.7 Å². The maximum atomic E-state index is 12.6. The van der Waals surface area contributed by atoms with Gasteiger partial charge in [0.15, 0.2) is 0 Å². The Kier molecular flexibility index (Phi) is 5.99. The lowest BCUT2D eigenvalue weighted by Gasteiger charge is -2.26. The van der Waals surface area contributed by atoms with Crippen LogP contribution in [0.2, 0.25) is 0 Å². The number of rotatable bonds is 6. The number of benzene rings is 1. The smallest absolute Gasteiger partial charge is 0.257 e. The van der Waals surface area contributed by atoms with E-state index < -0.39 is 15.9 Å². The van der Waals surface area contributed by atoms with Gasteiger partial charge in [0.25, 0.3) is 5.91 Å². The Morgan fingerprint density at radius 1 is 1.17 bits per heavy atom. The second-order valence-corrected chi connectivity index (χ2v) is 9.05. The average Bonchev–Trinajstić information content (AvgIpc) is 3.45. The molecule has 0 spiro atoms. The number of hydrogen-bond acceptors (Lipinski definition) is 9. The van der Waals surface area contributed by atoms with E-state index in [1.165, 1.54) is 41.0 Å². The lowest BCUT2D eigenvalue weighted by atomic mass is 10.2. The number of anilines is 1. The number of carbonyl (C=O) groups excluding carboxylic acids is 1. The molecular weight excluding hydrogens is 430 g/mol. The summed E-state index contributed by atoms with van der Waals surface area (Å²) >= 11 is 1.10. The molecule has 0 aliphatic carbocycles. The predicted octanol–water partition coefficient (Wildman–Crippen LogP) is 2.15. The number of hydrogen-bond donors (Lipinski definition) is 1. The zero-order chi connectivity index (χ0) is 21.0. The lowest BCUT2D eigenvalue weighted by Crippen LogP contribution is -2.40. The number of ether oxygens (including phenoxy) is 1. The summed E-state index contributed by atoms with van der Waals surface area (Å²) in [6.07, 6.45) is 3.03. The van der Waals surface area contributed by atoms with Crippen LogP contribution in [-0.4, -0.2) is 61.3 Å². The van der Waals surface area contributed by atoms with Gasteiger partial charge >= 0.3 is 0 Å². The van der Waals surface area contributed by atoms with Gasteiger partial charge in [-0.1, -0.05) is 11.3 Å². The van der Waals surface area contributed by atoms with Gasteiger partial charge in [0.05, 0.1) is 30.6 Å². The molecule has 12 heteroatoms. The zero-order valence-electron chi connectivity index (χ0n) is 15.6. The van der Waals surface area contributed by atoms with Gasteiger partial charge < -0.3 is 9.15 Å². The normalized spacial score (nSPS) is 15.5.